The van der Waals surface area contributed by atoms with Crippen molar-refractivity contribution < 1.29 is 9.53 Å². The first kappa shape index (κ1) is 14.7. The normalized spacial score (nSPS) is 14.7. The van der Waals surface area contributed by atoms with Gasteiger partial charge in [-0.05, 0) is 23.8 Å². The highest BCUT2D eigenvalue weighted by molar-refractivity contribution is 5.93. The molecule has 1 aliphatic heterocycles. The molecule has 0 spiro atoms. The molecular weight excluding hydrogens is 266 g/mol. The van der Waals surface area contributed by atoms with Crippen LogP contribution in [0, 0.1) is 0 Å². The van der Waals surface area contributed by atoms with Crippen molar-refractivity contribution in [1.82, 2.24) is 4.90 Å². The van der Waals surface area contributed by atoms with Crippen molar-refractivity contribution in [1.29, 1.82) is 0 Å². The van der Waals surface area contributed by atoms with Crippen LogP contribution in [0.1, 0.15) is 0 Å². The second-order valence-electron chi connectivity index (χ2n) is 4.60. The molecule has 110 valence electrons. The highest BCUT2D eigenvalue weighted by atomic mass is 16.5. The van der Waals surface area contributed by atoms with Crippen LogP contribution in [0.25, 0.3) is 0 Å². The van der Waals surface area contributed by atoms with Gasteiger partial charge in [0.15, 0.2) is 0 Å². The highest BCUT2D eigenvalue weighted by Crippen LogP contribution is 2.18. The van der Waals surface area contributed by atoms with Crippen molar-refractivity contribution in [2.45, 2.75) is 0 Å². The van der Waals surface area contributed by atoms with Crippen LogP contribution in [-0.4, -0.2) is 31.1 Å². The number of urea groups is 1. The van der Waals surface area contributed by atoms with Gasteiger partial charge in [-0.25, -0.2) is 4.79 Å². The van der Waals surface area contributed by atoms with Crippen LogP contribution in [0.15, 0.2) is 60.4 Å². The Morgan fingerprint density at radius 3 is 2.95 bits per heavy atom. The first-order chi connectivity index (χ1) is 10.2. The molecule has 0 saturated carbocycles. The molecule has 1 aromatic rings. The number of benzene rings is 1. The Morgan fingerprint density at radius 1 is 1.38 bits per heavy atom. The molecule has 0 bridgehead atoms. The second kappa shape index (κ2) is 7.19. The summed E-state index contributed by atoms with van der Waals surface area (Å²) < 4.78 is 4.81. The van der Waals surface area contributed by atoms with Crippen molar-refractivity contribution in [3.63, 3.8) is 0 Å². The van der Waals surface area contributed by atoms with Gasteiger partial charge in [0.1, 0.15) is 0 Å². The summed E-state index contributed by atoms with van der Waals surface area (Å²) in [7, 11) is 1.60. The maximum Gasteiger partial charge on any atom is 0.322 e. The number of amides is 2. The molecule has 0 fully saturated rings. The molecule has 1 aliphatic rings. The predicted molar refractivity (Wildman–Crippen MR) is 84.8 cm³/mol. The predicted octanol–water partition coefficient (Wildman–Crippen LogP) is 2.76. The summed E-state index contributed by atoms with van der Waals surface area (Å²) in [5.74, 6) is 0. The molecule has 0 saturated heterocycles. The topological polar surface area (TPSA) is 67.6 Å². The number of hydrogen-bond donors (Lipinski definition) is 2. The monoisotopic (exact) mass is 285 g/mol. The number of para-hydroxylation sites is 2. The van der Waals surface area contributed by atoms with Gasteiger partial charge in [0, 0.05) is 13.1 Å². The van der Waals surface area contributed by atoms with Gasteiger partial charge in [-0.3, -0.25) is 0 Å². The van der Waals surface area contributed by atoms with Gasteiger partial charge in [0.25, 0.3) is 0 Å². The number of carbonyl (C=O) groups excluding carboxylic acids is 1. The zero-order valence-electron chi connectivity index (χ0n) is 12.0. The van der Waals surface area contributed by atoms with Crippen LogP contribution >= 0.6 is 0 Å². The van der Waals surface area contributed by atoms with Gasteiger partial charge in [-0.2, -0.15) is 0 Å². The number of nitrogens with zero attached hydrogens (tertiary/aromatic N) is 1. The Morgan fingerprint density at radius 2 is 2.19 bits per heavy atom. The van der Waals surface area contributed by atoms with Crippen molar-refractivity contribution in [3.8, 4) is 0 Å². The fourth-order valence-electron chi connectivity index (χ4n) is 1.96. The number of ether oxygens (including phenoxy) is 1. The molecule has 5 nitrogen and oxygen atoms in total. The zero-order chi connectivity index (χ0) is 15.1. The van der Waals surface area contributed by atoms with Gasteiger partial charge in [0.2, 0.25) is 0 Å². The van der Waals surface area contributed by atoms with Crippen LogP contribution < -0.4 is 11.1 Å². The van der Waals surface area contributed by atoms with E-state index < -0.39 is 0 Å². The molecule has 0 aromatic heterocycles. The van der Waals surface area contributed by atoms with E-state index in [2.05, 4.69) is 5.32 Å². The second-order valence-corrected chi connectivity index (χ2v) is 4.60. The van der Waals surface area contributed by atoms with Crippen molar-refractivity contribution in [2.75, 3.05) is 31.2 Å². The third-order valence-electron chi connectivity index (χ3n) is 3.07. The SMILES string of the molecule is COC=CC=CC1=CCN(C(=O)Nc2ccccc2N)C1. The van der Waals surface area contributed by atoms with Gasteiger partial charge in [-0.15, -0.1) is 0 Å². The van der Waals surface area contributed by atoms with Gasteiger partial charge < -0.3 is 20.7 Å². The maximum absolute atomic E-state index is 12.2. The average Bonchev–Trinajstić information content (AvgIpc) is 2.95. The number of anilines is 2. The fourth-order valence-corrected chi connectivity index (χ4v) is 1.96. The Hall–Kier alpha value is -2.69. The molecule has 0 unspecified atom stereocenters. The number of allylic oxidation sites excluding steroid dienone is 2. The van der Waals surface area contributed by atoms with Gasteiger partial charge in [-0.1, -0.05) is 30.4 Å². The fraction of sp³-hybridized carbons (Fsp3) is 0.188. The minimum Gasteiger partial charge on any atom is -0.504 e. The lowest BCUT2D eigenvalue weighted by atomic mass is 10.2. The van der Waals surface area contributed by atoms with E-state index in [0.29, 0.717) is 24.5 Å². The zero-order valence-corrected chi connectivity index (χ0v) is 12.0. The van der Waals surface area contributed by atoms with E-state index in [0.717, 1.165) is 5.57 Å². The number of methoxy groups -OCH3 is 1. The molecule has 0 radical (unpaired) electrons. The molecule has 5 heteroatoms. The van der Waals surface area contributed by atoms with E-state index in [1.807, 2.05) is 30.4 Å². The summed E-state index contributed by atoms with van der Waals surface area (Å²) in [6.45, 7) is 1.17. The van der Waals surface area contributed by atoms with E-state index in [-0.39, 0.29) is 6.03 Å². The van der Waals surface area contributed by atoms with Crippen LogP contribution in [0.2, 0.25) is 0 Å². The van der Waals surface area contributed by atoms with E-state index >= 15 is 0 Å². The summed E-state index contributed by atoms with van der Waals surface area (Å²) in [4.78, 5) is 13.9. The summed E-state index contributed by atoms with van der Waals surface area (Å²) in [5.41, 5.74) is 8.09. The van der Waals surface area contributed by atoms with E-state index in [1.54, 1.807) is 36.5 Å². The first-order valence-corrected chi connectivity index (χ1v) is 6.66. The Balaban J connectivity index is 1.88. The third-order valence-corrected chi connectivity index (χ3v) is 3.07. The number of nitrogen functional groups attached to an aromatic ring is 1. The third kappa shape index (κ3) is 4.14. The average molecular weight is 285 g/mol. The van der Waals surface area contributed by atoms with Crippen molar-refractivity contribution >= 4 is 17.4 Å². The smallest absolute Gasteiger partial charge is 0.322 e. The minimum absolute atomic E-state index is 0.153. The minimum atomic E-state index is -0.153. The Labute approximate surface area is 124 Å². The molecule has 1 aromatic carbocycles. The molecular formula is C16H19N3O2. The van der Waals surface area contributed by atoms with Gasteiger partial charge >= 0.3 is 6.03 Å². The van der Waals surface area contributed by atoms with Crippen LogP contribution in [0.5, 0.6) is 0 Å². The standard InChI is InChI=1S/C16H19N3O2/c1-21-11-5-4-6-13-9-10-19(12-13)16(20)18-15-8-3-2-7-14(15)17/h2-9,11H,10,12,17H2,1H3,(H,18,20). The lowest BCUT2D eigenvalue weighted by Gasteiger charge is -2.17. The van der Waals surface area contributed by atoms with E-state index in [9.17, 15) is 4.79 Å². The molecule has 0 atom stereocenters. The Kier molecular flexibility index (Phi) is 5.04. The Bertz CT molecular complexity index is 591. The van der Waals surface area contributed by atoms with Crippen molar-refractivity contribution in [3.05, 3.63) is 60.4 Å². The van der Waals surface area contributed by atoms with Crippen molar-refractivity contribution in [2.24, 2.45) is 0 Å². The summed E-state index contributed by atoms with van der Waals surface area (Å²) >= 11 is 0. The molecule has 1 heterocycles. The van der Waals surface area contributed by atoms with Crippen LogP contribution in [-0.2, 0) is 4.74 Å². The number of nitrogens with two attached hydrogens (primary N) is 1. The number of nitrogens with one attached hydrogen (secondary N) is 1. The molecule has 3 N–H and O–H groups in total. The lowest BCUT2D eigenvalue weighted by Crippen LogP contribution is -2.33. The number of rotatable bonds is 4. The first-order valence-electron chi connectivity index (χ1n) is 6.66. The van der Waals surface area contributed by atoms with E-state index in [1.165, 1.54) is 0 Å². The maximum atomic E-state index is 12.2. The lowest BCUT2D eigenvalue weighted by molar-refractivity contribution is 0.224. The molecule has 2 rings (SSSR count). The quantitative estimate of drug-likeness (QED) is 0.508. The number of hydrogen-bond acceptors (Lipinski definition) is 3. The largest absolute Gasteiger partial charge is 0.504 e. The summed E-state index contributed by atoms with van der Waals surface area (Å²) in [5, 5.41) is 2.82. The molecule has 21 heavy (non-hydrogen) atoms. The van der Waals surface area contributed by atoms with Crippen LogP contribution in [0.4, 0.5) is 16.2 Å². The van der Waals surface area contributed by atoms with E-state index in [4.69, 9.17) is 10.5 Å². The van der Waals surface area contributed by atoms with Crippen LogP contribution in [0.3, 0.4) is 0 Å². The number of carbonyl (C=O) groups is 1. The highest BCUT2D eigenvalue weighted by Gasteiger charge is 2.18. The molecule has 0 aliphatic carbocycles. The summed E-state index contributed by atoms with van der Waals surface area (Å²) in [6.07, 6.45) is 9.25. The summed E-state index contributed by atoms with van der Waals surface area (Å²) in [6, 6.07) is 7.06. The molecule has 2 amide bonds. The van der Waals surface area contributed by atoms with Gasteiger partial charge in [0.05, 0.1) is 24.7 Å².